The molecule has 1 aromatic carbocycles. The van der Waals surface area contributed by atoms with Crippen LogP contribution < -0.4 is 11.1 Å². The molecule has 0 spiro atoms. The van der Waals surface area contributed by atoms with Crippen LogP contribution >= 0.6 is 0 Å². The van der Waals surface area contributed by atoms with E-state index in [1.807, 2.05) is 0 Å². The summed E-state index contributed by atoms with van der Waals surface area (Å²) in [6.45, 7) is 1.59. The molecule has 0 saturated heterocycles. The summed E-state index contributed by atoms with van der Waals surface area (Å²) >= 11 is 0. The molecule has 18 heavy (non-hydrogen) atoms. The third-order valence-corrected chi connectivity index (χ3v) is 2.15. The van der Waals surface area contributed by atoms with E-state index in [9.17, 15) is 9.59 Å². The second-order valence-corrected chi connectivity index (χ2v) is 3.52. The Morgan fingerprint density at radius 2 is 1.89 bits per heavy atom. The summed E-state index contributed by atoms with van der Waals surface area (Å²) in [6.07, 6.45) is 0. The molecule has 0 aliphatic heterocycles. The number of hydrogen-bond donors (Lipinski definition) is 2. The van der Waals surface area contributed by atoms with Crippen LogP contribution in [-0.4, -0.2) is 22.0 Å². The molecule has 7 nitrogen and oxygen atoms in total. The van der Waals surface area contributed by atoms with Crippen LogP contribution in [0.2, 0.25) is 0 Å². The highest BCUT2D eigenvalue weighted by Crippen LogP contribution is 2.10. The smallest absolute Gasteiger partial charge is 0.313 e. The van der Waals surface area contributed by atoms with Gasteiger partial charge in [0.2, 0.25) is 11.8 Å². The maximum Gasteiger partial charge on any atom is 0.313 e. The van der Waals surface area contributed by atoms with Crippen molar-refractivity contribution in [3.05, 3.63) is 41.6 Å². The predicted octanol–water partition coefficient (Wildman–Crippen LogP) is 0.729. The van der Waals surface area contributed by atoms with Gasteiger partial charge in [0, 0.05) is 18.2 Å². The summed E-state index contributed by atoms with van der Waals surface area (Å²) in [5.41, 5.74) is 5.96. The highest BCUT2D eigenvalue weighted by molar-refractivity contribution is 6.01. The van der Waals surface area contributed by atoms with Crippen molar-refractivity contribution < 1.29 is 14.0 Å². The summed E-state index contributed by atoms with van der Waals surface area (Å²) in [7, 11) is 0. The Bertz CT molecular complexity index is 589. The minimum atomic E-state index is -0.527. The maximum atomic E-state index is 11.6. The third kappa shape index (κ3) is 2.51. The molecule has 0 bridgehead atoms. The summed E-state index contributed by atoms with van der Waals surface area (Å²) in [4.78, 5) is 22.5. The number of aromatic nitrogens is 2. The largest absolute Gasteiger partial charge is 0.417 e. The van der Waals surface area contributed by atoms with Gasteiger partial charge >= 0.3 is 11.8 Å². The molecule has 0 aliphatic rings. The number of rotatable bonds is 3. The van der Waals surface area contributed by atoms with E-state index in [0.717, 1.165) is 0 Å². The quantitative estimate of drug-likeness (QED) is 0.829. The molecule has 0 radical (unpaired) electrons. The molecule has 0 aliphatic carbocycles. The number of benzene rings is 1. The van der Waals surface area contributed by atoms with Crippen molar-refractivity contribution in [3.8, 4) is 0 Å². The first-order chi connectivity index (χ1) is 8.56. The molecule has 7 heteroatoms. The van der Waals surface area contributed by atoms with E-state index >= 15 is 0 Å². The molecule has 0 unspecified atom stereocenters. The number of nitrogens with one attached hydrogen (secondary N) is 1. The summed E-state index contributed by atoms with van der Waals surface area (Å²) in [5.74, 6) is -0.849. The Balaban J connectivity index is 2.10. The highest BCUT2D eigenvalue weighted by atomic mass is 16.4. The van der Waals surface area contributed by atoms with Gasteiger partial charge in [0.1, 0.15) is 0 Å². The Morgan fingerprint density at radius 3 is 2.39 bits per heavy atom. The Hall–Kier alpha value is -2.70. The van der Waals surface area contributed by atoms with Crippen LogP contribution in [0, 0.1) is 6.92 Å². The third-order valence-electron chi connectivity index (χ3n) is 2.15. The average molecular weight is 246 g/mol. The van der Waals surface area contributed by atoms with Gasteiger partial charge < -0.3 is 15.5 Å². The predicted molar refractivity (Wildman–Crippen MR) is 61.9 cm³/mol. The van der Waals surface area contributed by atoms with Gasteiger partial charge in [-0.05, 0) is 24.3 Å². The summed E-state index contributed by atoms with van der Waals surface area (Å²) in [6, 6.07) is 6.14. The van der Waals surface area contributed by atoms with Crippen LogP contribution in [0.1, 0.15) is 26.9 Å². The van der Waals surface area contributed by atoms with E-state index in [-0.39, 0.29) is 5.89 Å². The zero-order valence-electron chi connectivity index (χ0n) is 9.51. The second kappa shape index (κ2) is 4.66. The standard InChI is InChI=1S/C11H10N4O3/c1-6-14-15-11(18-6)10(17)13-8-4-2-7(3-5-8)9(12)16/h2-5H,1H3,(H2,12,16)(H,13,17). The number of nitrogens with two attached hydrogens (primary N) is 1. The maximum absolute atomic E-state index is 11.6. The molecule has 1 heterocycles. The van der Waals surface area contributed by atoms with E-state index < -0.39 is 11.8 Å². The number of anilines is 1. The fourth-order valence-corrected chi connectivity index (χ4v) is 1.29. The minimum Gasteiger partial charge on any atom is -0.417 e. The molecular weight excluding hydrogens is 236 g/mol. The van der Waals surface area contributed by atoms with Gasteiger partial charge in [-0.25, -0.2) is 0 Å². The van der Waals surface area contributed by atoms with Gasteiger partial charge in [-0.2, -0.15) is 0 Å². The molecule has 0 saturated carbocycles. The fourth-order valence-electron chi connectivity index (χ4n) is 1.29. The zero-order valence-corrected chi connectivity index (χ0v) is 9.51. The number of hydrogen-bond acceptors (Lipinski definition) is 5. The minimum absolute atomic E-state index is 0.119. The lowest BCUT2D eigenvalue weighted by molar-refractivity contribution is 0.0986. The molecule has 2 amide bonds. The van der Waals surface area contributed by atoms with E-state index in [2.05, 4.69) is 15.5 Å². The molecule has 2 aromatic rings. The normalized spacial score (nSPS) is 10.1. The average Bonchev–Trinajstić information content (AvgIpc) is 2.76. The van der Waals surface area contributed by atoms with Crippen molar-refractivity contribution in [2.24, 2.45) is 5.73 Å². The van der Waals surface area contributed by atoms with Crippen LogP contribution in [0.4, 0.5) is 5.69 Å². The number of carbonyl (C=O) groups is 2. The first-order valence-electron chi connectivity index (χ1n) is 5.07. The Labute approximate surface area is 102 Å². The van der Waals surface area contributed by atoms with Gasteiger partial charge in [0.25, 0.3) is 0 Å². The van der Waals surface area contributed by atoms with Crippen LogP contribution in [0.3, 0.4) is 0 Å². The van der Waals surface area contributed by atoms with E-state index in [1.165, 1.54) is 12.1 Å². The van der Waals surface area contributed by atoms with Crippen molar-refractivity contribution >= 4 is 17.5 Å². The topological polar surface area (TPSA) is 111 Å². The summed E-state index contributed by atoms with van der Waals surface area (Å²) < 4.78 is 4.97. The lowest BCUT2D eigenvalue weighted by Crippen LogP contribution is -2.13. The highest BCUT2D eigenvalue weighted by Gasteiger charge is 2.13. The van der Waals surface area contributed by atoms with Crippen LogP contribution in [-0.2, 0) is 0 Å². The zero-order chi connectivity index (χ0) is 13.1. The van der Waals surface area contributed by atoms with Crippen molar-refractivity contribution in [3.63, 3.8) is 0 Å². The Morgan fingerprint density at radius 1 is 1.22 bits per heavy atom. The number of amides is 2. The van der Waals surface area contributed by atoms with Crippen molar-refractivity contribution in [2.45, 2.75) is 6.92 Å². The lowest BCUT2D eigenvalue weighted by atomic mass is 10.2. The first-order valence-corrected chi connectivity index (χ1v) is 5.07. The SMILES string of the molecule is Cc1nnc(C(=O)Nc2ccc(C(N)=O)cc2)o1. The van der Waals surface area contributed by atoms with Gasteiger partial charge in [0.05, 0.1) is 0 Å². The van der Waals surface area contributed by atoms with E-state index in [0.29, 0.717) is 17.1 Å². The van der Waals surface area contributed by atoms with Gasteiger partial charge in [-0.15, -0.1) is 10.2 Å². The second-order valence-electron chi connectivity index (χ2n) is 3.52. The number of aryl methyl sites for hydroxylation is 1. The van der Waals surface area contributed by atoms with Gasteiger partial charge in [0.15, 0.2) is 0 Å². The monoisotopic (exact) mass is 246 g/mol. The summed E-state index contributed by atoms with van der Waals surface area (Å²) in [5, 5.41) is 9.68. The van der Waals surface area contributed by atoms with Crippen molar-refractivity contribution in [2.75, 3.05) is 5.32 Å². The molecule has 0 atom stereocenters. The molecule has 3 N–H and O–H groups in total. The van der Waals surface area contributed by atoms with Crippen LogP contribution in [0.5, 0.6) is 0 Å². The number of carbonyl (C=O) groups excluding carboxylic acids is 2. The van der Waals surface area contributed by atoms with Crippen molar-refractivity contribution in [1.82, 2.24) is 10.2 Å². The van der Waals surface area contributed by atoms with Gasteiger partial charge in [-0.3, -0.25) is 9.59 Å². The van der Waals surface area contributed by atoms with Gasteiger partial charge in [-0.1, -0.05) is 0 Å². The Kier molecular flexibility index (Phi) is 3.05. The fraction of sp³-hybridized carbons (Fsp3) is 0.0909. The molecule has 2 rings (SSSR count). The van der Waals surface area contributed by atoms with E-state index in [1.54, 1.807) is 19.1 Å². The van der Waals surface area contributed by atoms with Crippen molar-refractivity contribution in [1.29, 1.82) is 0 Å². The molecule has 1 aromatic heterocycles. The molecular formula is C11H10N4O3. The molecule has 0 fully saturated rings. The first kappa shape index (κ1) is 11.8. The van der Waals surface area contributed by atoms with Crippen LogP contribution in [0.15, 0.2) is 28.7 Å². The molecule has 92 valence electrons. The van der Waals surface area contributed by atoms with E-state index in [4.69, 9.17) is 10.2 Å². The number of nitrogens with zero attached hydrogens (tertiary/aromatic N) is 2. The number of primary amides is 1. The lowest BCUT2D eigenvalue weighted by Gasteiger charge is -2.02. The van der Waals surface area contributed by atoms with Crippen LogP contribution in [0.25, 0.3) is 0 Å².